The third-order valence-corrected chi connectivity index (χ3v) is 4.97. The van der Waals surface area contributed by atoms with Crippen molar-refractivity contribution in [2.75, 3.05) is 24.7 Å². The molecule has 31 heavy (non-hydrogen) atoms. The molecule has 0 aliphatic heterocycles. The van der Waals surface area contributed by atoms with Crippen molar-refractivity contribution in [1.82, 2.24) is 20.5 Å². The van der Waals surface area contributed by atoms with E-state index in [1.54, 1.807) is 12.1 Å². The Bertz CT molecular complexity index is 899. The number of thiazole rings is 1. The zero-order valence-electron chi connectivity index (χ0n) is 17.4. The molecule has 0 spiro atoms. The fraction of sp³-hybridized carbons (Fsp3) is 0.368. The number of carboxylic acid groups (broad SMARTS) is 2. The fourth-order valence-corrected chi connectivity index (χ4v) is 3.92. The van der Waals surface area contributed by atoms with Crippen molar-refractivity contribution in [3.8, 4) is 0 Å². The number of nitrogens with one attached hydrogen (secondary N) is 4. The number of amides is 3. The molecular weight excluding hydrogens is 424 g/mol. The van der Waals surface area contributed by atoms with Crippen molar-refractivity contribution in [2.45, 2.75) is 32.6 Å². The molecular formula is C19H26N6O5S. The maximum Gasteiger partial charge on any atom is 0.407 e. The van der Waals surface area contributed by atoms with E-state index in [1.807, 2.05) is 41.8 Å². The summed E-state index contributed by atoms with van der Waals surface area (Å²) in [6.07, 6.45) is -2.50. The Kier molecular flexibility index (Phi) is 8.58. The van der Waals surface area contributed by atoms with Crippen LogP contribution in [0, 0.1) is 0 Å². The van der Waals surface area contributed by atoms with Gasteiger partial charge in [-0.3, -0.25) is 15.4 Å². The third-order valence-electron chi connectivity index (χ3n) is 3.97. The molecule has 2 aromatic rings. The number of carbonyl (C=O) groups is 3. The first-order valence-corrected chi connectivity index (χ1v) is 10.2. The van der Waals surface area contributed by atoms with Crippen LogP contribution in [0.5, 0.6) is 0 Å². The molecule has 11 nitrogen and oxygen atoms in total. The molecule has 0 saturated carbocycles. The molecule has 168 valence electrons. The summed E-state index contributed by atoms with van der Waals surface area (Å²) in [5.74, 6) is -0.159. The van der Waals surface area contributed by atoms with Gasteiger partial charge in [-0.25, -0.2) is 14.6 Å². The van der Waals surface area contributed by atoms with Gasteiger partial charge in [0.1, 0.15) is 0 Å². The first kappa shape index (κ1) is 23.9. The summed E-state index contributed by atoms with van der Waals surface area (Å²) < 4.78 is 0. The highest BCUT2D eigenvalue weighted by Gasteiger charge is 2.15. The van der Waals surface area contributed by atoms with E-state index in [-0.39, 0.29) is 5.91 Å². The van der Waals surface area contributed by atoms with Crippen LogP contribution in [0.25, 0.3) is 0 Å². The Morgan fingerprint density at radius 2 is 1.68 bits per heavy atom. The first-order chi connectivity index (χ1) is 14.6. The minimum absolute atomic E-state index is 0.159. The van der Waals surface area contributed by atoms with Crippen LogP contribution in [0.2, 0.25) is 0 Å². The quantitative estimate of drug-likeness (QED) is 0.301. The SMILES string of the molecule is CC(=O)Nc1nc(CCc2ccc(NC(NC(=O)O)NC(=O)O)cc2)c(CN(C)C)s1. The second kappa shape index (κ2) is 11.1. The molecule has 0 fully saturated rings. The lowest BCUT2D eigenvalue weighted by molar-refractivity contribution is -0.114. The van der Waals surface area contributed by atoms with Crippen LogP contribution < -0.4 is 21.3 Å². The number of hydrogen-bond donors (Lipinski definition) is 6. The lowest BCUT2D eigenvalue weighted by atomic mass is 10.1. The molecule has 3 amide bonds. The number of anilines is 2. The highest BCUT2D eigenvalue weighted by atomic mass is 32.1. The van der Waals surface area contributed by atoms with Crippen LogP contribution in [-0.2, 0) is 24.2 Å². The van der Waals surface area contributed by atoms with Gasteiger partial charge in [-0.2, -0.15) is 0 Å². The van der Waals surface area contributed by atoms with E-state index in [1.165, 1.54) is 18.3 Å². The summed E-state index contributed by atoms with van der Waals surface area (Å²) in [5.41, 5.74) is 2.51. The van der Waals surface area contributed by atoms with E-state index >= 15 is 0 Å². The van der Waals surface area contributed by atoms with Crippen LogP contribution in [0.15, 0.2) is 24.3 Å². The number of carbonyl (C=O) groups excluding carboxylic acids is 1. The molecule has 1 heterocycles. The largest absolute Gasteiger partial charge is 0.465 e. The second-order valence-corrected chi connectivity index (χ2v) is 8.06. The Labute approximate surface area is 183 Å². The molecule has 6 N–H and O–H groups in total. The molecule has 0 radical (unpaired) electrons. The van der Waals surface area contributed by atoms with Gasteiger partial charge in [-0.15, -0.1) is 11.3 Å². The van der Waals surface area contributed by atoms with Crippen molar-refractivity contribution in [2.24, 2.45) is 0 Å². The number of aromatic nitrogens is 1. The molecule has 0 aliphatic carbocycles. The predicted octanol–water partition coefficient (Wildman–Crippen LogP) is 2.18. The number of aryl methyl sites for hydroxylation is 2. The van der Waals surface area contributed by atoms with E-state index in [4.69, 9.17) is 10.2 Å². The minimum atomic E-state index is -1.36. The zero-order valence-corrected chi connectivity index (χ0v) is 18.2. The van der Waals surface area contributed by atoms with Crippen molar-refractivity contribution in [3.05, 3.63) is 40.4 Å². The lowest BCUT2D eigenvalue weighted by Crippen LogP contribution is -2.52. The highest BCUT2D eigenvalue weighted by molar-refractivity contribution is 7.15. The number of rotatable bonds is 10. The van der Waals surface area contributed by atoms with E-state index < -0.39 is 18.5 Å². The van der Waals surface area contributed by atoms with Crippen LogP contribution in [-0.4, -0.2) is 58.6 Å². The van der Waals surface area contributed by atoms with Gasteiger partial charge in [-0.1, -0.05) is 12.1 Å². The van der Waals surface area contributed by atoms with Crippen LogP contribution in [0.4, 0.5) is 20.4 Å². The van der Waals surface area contributed by atoms with Crippen LogP contribution in [0.1, 0.15) is 23.1 Å². The van der Waals surface area contributed by atoms with Gasteiger partial charge in [0.2, 0.25) is 5.91 Å². The summed E-state index contributed by atoms with van der Waals surface area (Å²) in [5, 5.41) is 27.8. The van der Waals surface area contributed by atoms with Crippen LogP contribution in [0.3, 0.4) is 0 Å². The van der Waals surface area contributed by atoms with E-state index in [2.05, 4.69) is 15.6 Å². The standard InChI is InChI=1S/C19H26N6O5S/c1-11(26)20-17-22-14(15(31-17)10-25(2)3)9-6-12-4-7-13(8-5-12)21-16(23-18(27)28)24-19(29)30/h4-5,7-8,16,21,23-24H,6,9-10H2,1-3H3,(H,27,28)(H,29,30)(H,20,22,26). The van der Waals surface area contributed by atoms with E-state index in [0.717, 1.165) is 22.7 Å². The summed E-state index contributed by atoms with van der Waals surface area (Å²) >= 11 is 1.47. The van der Waals surface area contributed by atoms with Gasteiger partial charge in [0.25, 0.3) is 0 Å². The van der Waals surface area contributed by atoms with Crippen molar-refractivity contribution < 1.29 is 24.6 Å². The average molecular weight is 451 g/mol. The molecule has 0 bridgehead atoms. The Morgan fingerprint density at radius 1 is 1.06 bits per heavy atom. The number of benzene rings is 1. The molecule has 12 heteroatoms. The molecule has 0 saturated heterocycles. The van der Waals surface area contributed by atoms with Gasteiger partial charge in [-0.05, 0) is 44.6 Å². The Balaban J connectivity index is 2.02. The van der Waals surface area contributed by atoms with E-state index in [9.17, 15) is 14.4 Å². The zero-order chi connectivity index (χ0) is 23.0. The van der Waals surface area contributed by atoms with Crippen molar-refractivity contribution >= 4 is 40.2 Å². The van der Waals surface area contributed by atoms with Gasteiger partial charge in [0.05, 0.1) is 5.69 Å². The lowest BCUT2D eigenvalue weighted by Gasteiger charge is -2.19. The van der Waals surface area contributed by atoms with Crippen molar-refractivity contribution in [3.63, 3.8) is 0 Å². The number of nitrogens with zero attached hydrogens (tertiary/aromatic N) is 2. The molecule has 2 rings (SSSR count). The monoisotopic (exact) mass is 450 g/mol. The van der Waals surface area contributed by atoms with Gasteiger partial charge in [0.15, 0.2) is 11.4 Å². The minimum Gasteiger partial charge on any atom is -0.465 e. The maximum absolute atomic E-state index is 11.3. The van der Waals surface area contributed by atoms with E-state index in [0.29, 0.717) is 23.7 Å². The summed E-state index contributed by atoms with van der Waals surface area (Å²) in [6, 6.07) is 7.21. The molecule has 0 atom stereocenters. The Morgan fingerprint density at radius 3 is 2.19 bits per heavy atom. The Hall–Kier alpha value is -3.38. The third kappa shape index (κ3) is 8.48. The normalized spacial score (nSPS) is 10.7. The highest BCUT2D eigenvalue weighted by Crippen LogP contribution is 2.25. The molecule has 0 unspecified atom stereocenters. The van der Waals surface area contributed by atoms with Crippen molar-refractivity contribution in [1.29, 1.82) is 0 Å². The van der Waals surface area contributed by atoms with Gasteiger partial charge >= 0.3 is 12.2 Å². The predicted molar refractivity (Wildman–Crippen MR) is 117 cm³/mol. The fourth-order valence-electron chi connectivity index (χ4n) is 2.75. The smallest absolute Gasteiger partial charge is 0.407 e. The summed E-state index contributed by atoms with van der Waals surface area (Å²) in [6.45, 7) is 2.18. The number of hydrogen-bond acceptors (Lipinski definition) is 7. The van der Waals surface area contributed by atoms with Gasteiger partial charge < -0.3 is 25.7 Å². The molecule has 0 aliphatic rings. The molecule has 1 aromatic carbocycles. The first-order valence-electron chi connectivity index (χ1n) is 9.37. The topological polar surface area (TPSA) is 156 Å². The summed E-state index contributed by atoms with van der Waals surface area (Å²) in [7, 11) is 3.94. The van der Waals surface area contributed by atoms with Gasteiger partial charge in [0, 0.05) is 24.0 Å². The summed E-state index contributed by atoms with van der Waals surface area (Å²) in [4.78, 5) is 40.6. The molecule has 1 aromatic heterocycles. The second-order valence-electron chi connectivity index (χ2n) is 6.98. The maximum atomic E-state index is 11.3. The average Bonchev–Trinajstić information content (AvgIpc) is 2.99. The van der Waals surface area contributed by atoms with Crippen LogP contribution >= 0.6 is 11.3 Å².